The number of rotatable bonds is 5. The van der Waals surface area contributed by atoms with Crippen LogP contribution < -0.4 is 10.9 Å². The molecule has 0 aliphatic rings. The first-order valence-corrected chi connectivity index (χ1v) is 8.62. The summed E-state index contributed by atoms with van der Waals surface area (Å²) in [6, 6.07) is 5.38. The predicted molar refractivity (Wildman–Crippen MR) is 96.4 cm³/mol. The summed E-state index contributed by atoms with van der Waals surface area (Å²) in [6.07, 6.45) is 4.30. The second-order valence-corrected chi connectivity index (χ2v) is 6.81. The summed E-state index contributed by atoms with van der Waals surface area (Å²) >= 11 is 1.67. The molecule has 0 aliphatic heterocycles. The van der Waals surface area contributed by atoms with Gasteiger partial charge in [0.05, 0.1) is 6.04 Å². The van der Waals surface area contributed by atoms with E-state index in [2.05, 4.69) is 32.2 Å². The number of aryl methyl sites for hydroxylation is 2. The minimum atomic E-state index is -0.146. The van der Waals surface area contributed by atoms with E-state index in [1.165, 1.54) is 10.9 Å². The van der Waals surface area contributed by atoms with Gasteiger partial charge in [-0.3, -0.25) is 4.79 Å². The van der Waals surface area contributed by atoms with Crippen LogP contribution in [0.25, 0.3) is 11.4 Å². The summed E-state index contributed by atoms with van der Waals surface area (Å²) in [5.41, 5.74) is 1.40. The molecule has 3 rings (SSSR count). The van der Waals surface area contributed by atoms with Crippen molar-refractivity contribution in [1.29, 1.82) is 0 Å². The van der Waals surface area contributed by atoms with Crippen molar-refractivity contribution in [2.75, 3.05) is 5.32 Å². The van der Waals surface area contributed by atoms with Crippen LogP contribution in [0.4, 0.5) is 5.82 Å². The molecule has 1 atom stereocenters. The zero-order chi connectivity index (χ0) is 17.1. The molecule has 6 nitrogen and oxygen atoms in total. The third kappa shape index (κ3) is 3.68. The number of anilines is 1. The topological polar surface area (TPSA) is 83.6 Å². The fraction of sp³-hybridized carbons (Fsp3) is 0.294. The first-order valence-electron chi connectivity index (χ1n) is 7.80. The Kier molecular flexibility index (Phi) is 4.71. The maximum Gasteiger partial charge on any atom is 0.251 e. The zero-order valence-electron chi connectivity index (χ0n) is 13.8. The zero-order valence-corrected chi connectivity index (χ0v) is 14.6. The molecular formula is C17H19N5OS. The van der Waals surface area contributed by atoms with Gasteiger partial charge in [-0.15, -0.1) is 11.3 Å². The minimum absolute atomic E-state index is 0.0865. The van der Waals surface area contributed by atoms with Crippen LogP contribution in [0, 0.1) is 6.92 Å². The molecule has 0 aromatic carbocycles. The monoisotopic (exact) mass is 341 g/mol. The van der Waals surface area contributed by atoms with Crippen LogP contribution in [-0.2, 0) is 6.42 Å². The van der Waals surface area contributed by atoms with Crippen LogP contribution in [0.3, 0.4) is 0 Å². The van der Waals surface area contributed by atoms with E-state index in [1.54, 1.807) is 17.5 Å². The molecule has 0 saturated heterocycles. The van der Waals surface area contributed by atoms with Crippen molar-refractivity contribution in [2.24, 2.45) is 0 Å². The van der Waals surface area contributed by atoms with E-state index in [1.807, 2.05) is 32.2 Å². The Morgan fingerprint density at radius 2 is 2.12 bits per heavy atom. The molecule has 7 heteroatoms. The largest absolute Gasteiger partial charge is 0.361 e. The van der Waals surface area contributed by atoms with E-state index in [-0.39, 0.29) is 11.6 Å². The van der Waals surface area contributed by atoms with Gasteiger partial charge in [0.15, 0.2) is 0 Å². The van der Waals surface area contributed by atoms with Crippen molar-refractivity contribution in [3.05, 3.63) is 56.5 Å². The Hall–Kier alpha value is -2.54. The number of H-pyrrole nitrogens is 1. The van der Waals surface area contributed by atoms with Crippen LogP contribution in [0.5, 0.6) is 0 Å². The smallest absolute Gasteiger partial charge is 0.251 e. The highest BCUT2D eigenvalue weighted by molar-refractivity contribution is 7.11. The lowest BCUT2D eigenvalue weighted by Gasteiger charge is -2.12. The van der Waals surface area contributed by atoms with E-state index in [0.717, 1.165) is 22.1 Å². The molecule has 3 aromatic heterocycles. The maximum atomic E-state index is 11.7. The van der Waals surface area contributed by atoms with Gasteiger partial charge in [-0.05, 0) is 32.4 Å². The average molecular weight is 341 g/mol. The lowest BCUT2D eigenvalue weighted by atomic mass is 10.2. The highest BCUT2D eigenvalue weighted by Crippen LogP contribution is 2.23. The number of pyridine rings is 1. The van der Waals surface area contributed by atoms with E-state index < -0.39 is 0 Å². The number of aromatic nitrogens is 4. The number of aromatic amines is 1. The van der Waals surface area contributed by atoms with E-state index in [4.69, 9.17) is 0 Å². The summed E-state index contributed by atoms with van der Waals surface area (Å²) < 4.78 is 0. The Morgan fingerprint density at radius 3 is 2.75 bits per heavy atom. The number of thiazole rings is 1. The highest BCUT2D eigenvalue weighted by Gasteiger charge is 2.10. The van der Waals surface area contributed by atoms with Crippen LogP contribution in [-0.4, -0.2) is 19.9 Å². The molecule has 0 aliphatic carbocycles. The summed E-state index contributed by atoms with van der Waals surface area (Å²) in [6.45, 7) is 6.06. The second-order valence-electron chi connectivity index (χ2n) is 5.55. The summed E-state index contributed by atoms with van der Waals surface area (Å²) in [7, 11) is 0. The van der Waals surface area contributed by atoms with Gasteiger partial charge in [-0.1, -0.05) is 6.92 Å². The fourth-order valence-corrected chi connectivity index (χ4v) is 3.08. The number of nitrogens with zero attached hydrogens (tertiary/aromatic N) is 3. The molecule has 0 saturated carbocycles. The minimum Gasteiger partial charge on any atom is -0.361 e. The third-order valence-electron chi connectivity index (χ3n) is 3.57. The van der Waals surface area contributed by atoms with Crippen molar-refractivity contribution < 1.29 is 0 Å². The van der Waals surface area contributed by atoms with Crippen molar-refractivity contribution in [1.82, 2.24) is 19.9 Å². The molecule has 3 aromatic rings. The molecule has 0 bridgehead atoms. The van der Waals surface area contributed by atoms with Crippen LogP contribution in [0.15, 0.2) is 35.4 Å². The SMILES string of the molecule is CCc1cc(=O)[nH]c(-c2ccc(NC(C)c3ncc(C)s3)nc2)n1. The maximum absolute atomic E-state index is 11.7. The van der Waals surface area contributed by atoms with Crippen molar-refractivity contribution >= 4 is 17.2 Å². The Morgan fingerprint density at radius 1 is 1.29 bits per heavy atom. The predicted octanol–water partition coefficient (Wildman–Crippen LogP) is 3.33. The lowest BCUT2D eigenvalue weighted by molar-refractivity contribution is 0.860. The van der Waals surface area contributed by atoms with Crippen LogP contribution in [0.1, 0.15) is 35.5 Å². The third-order valence-corrected chi connectivity index (χ3v) is 4.66. The second kappa shape index (κ2) is 6.92. The van der Waals surface area contributed by atoms with Gasteiger partial charge in [0.1, 0.15) is 16.6 Å². The highest BCUT2D eigenvalue weighted by atomic mass is 32.1. The van der Waals surface area contributed by atoms with E-state index in [0.29, 0.717) is 12.2 Å². The Labute approximate surface area is 144 Å². The number of hydrogen-bond acceptors (Lipinski definition) is 6. The van der Waals surface area contributed by atoms with Gasteiger partial charge in [0.2, 0.25) is 0 Å². The van der Waals surface area contributed by atoms with Crippen LogP contribution >= 0.6 is 11.3 Å². The Bertz CT molecular complexity index is 884. The molecule has 124 valence electrons. The fourth-order valence-electron chi connectivity index (χ4n) is 2.30. The van der Waals surface area contributed by atoms with Gasteiger partial charge in [0, 0.05) is 34.6 Å². The molecule has 0 fully saturated rings. The normalized spacial score (nSPS) is 12.1. The molecular weight excluding hydrogens is 322 g/mol. The average Bonchev–Trinajstić information content (AvgIpc) is 3.01. The molecule has 1 unspecified atom stereocenters. The molecule has 0 spiro atoms. The molecule has 24 heavy (non-hydrogen) atoms. The Balaban J connectivity index is 1.78. The quantitative estimate of drug-likeness (QED) is 0.744. The van der Waals surface area contributed by atoms with Gasteiger partial charge in [-0.2, -0.15) is 0 Å². The van der Waals surface area contributed by atoms with Crippen molar-refractivity contribution in [2.45, 2.75) is 33.2 Å². The van der Waals surface area contributed by atoms with Gasteiger partial charge in [0.25, 0.3) is 5.56 Å². The van der Waals surface area contributed by atoms with Crippen molar-refractivity contribution in [3.63, 3.8) is 0 Å². The van der Waals surface area contributed by atoms with E-state index in [9.17, 15) is 4.79 Å². The first-order chi connectivity index (χ1) is 11.5. The summed E-state index contributed by atoms with van der Waals surface area (Å²) in [5, 5.41) is 4.36. The van der Waals surface area contributed by atoms with Crippen LogP contribution in [0.2, 0.25) is 0 Å². The van der Waals surface area contributed by atoms with Crippen molar-refractivity contribution in [3.8, 4) is 11.4 Å². The molecule has 0 amide bonds. The molecule has 3 heterocycles. The molecule has 2 N–H and O–H groups in total. The van der Waals surface area contributed by atoms with E-state index >= 15 is 0 Å². The molecule has 0 radical (unpaired) electrons. The summed E-state index contributed by atoms with van der Waals surface area (Å²) in [5.74, 6) is 1.30. The summed E-state index contributed by atoms with van der Waals surface area (Å²) in [4.78, 5) is 28.9. The lowest BCUT2D eigenvalue weighted by Crippen LogP contribution is -2.10. The first kappa shape index (κ1) is 16.3. The van der Waals surface area contributed by atoms with Gasteiger partial charge < -0.3 is 10.3 Å². The number of hydrogen-bond donors (Lipinski definition) is 2. The number of nitrogens with one attached hydrogen (secondary N) is 2. The van der Waals surface area contributed by atoms with Gasteiger partial charge in [-0.25, -0.2) is 15.0 Å². The van der Waals surface area contributed by atoms with Gasteiger partial charge >= 0.3 is 0 Å². The standard InChI is InChI=1S/C17H19N5OS/c1-4-13-7-15(23)22-16(21-13)12-5-6-14(18-9-12)20-11(3)17-19-8-10(2)24-17/h5-9,11H,4H2,1-3H3,(H,18,20)(H,21,22,23).